The van der Waals surface area contributed by atoms with Crippen molar-refractivity contribution in [3.63, 3.8) is 0 Å². The minimum absolute atomic E-state index is 0.0353. The van der Waals surface area contributed by atoms with Crippen LogP contribution in [0.4, 0.5) is 0 Å². The lowest BCUT2D eigenvalue weighted by Crippen LogP contribution is -2.64. The molecule has 0 spiro atoms. The molecule has 134 valence electrons. The van der Waals surface area contributed by atoms with Crippen LogP contribution in [0.25, 0.3) is 0 Å². The van der Waals surface area contributed by atoms with Gasteiger partial charge in [0.2, 0.25) is 6.10 Å². The lowest BCUT2D eigenvalue weighted by molar-refractivity contribution is -0.149. The number of ether oxygens (including phenoxy) is 2. The number of nitrogens with zero attached hydrogens (tertiary/aromatic N) is 2. The van der Waals surface area contributed by atoms with Gasteiger partial charge in [0.1, 0.15) is 6.61 Å². The first-order valence-electron chi connectivity index (χ1n) is 9.26. The number of rotatable bonds is 2. The number of carbonyl (C=O) groups is 1. The molecule has 0 bridgehead atoms. The summed E-state index contributed by atoms with van der Waals surface area (Å²) in [6.45, 7) is 3.90. The molecule has 5 rings (SSSR count). The molecule has 0 N–H and O–H groups in total. The molecule has 1 saturated heterocycles. The smallest absolute Gasteiger partial charge is 0.267 e. The van der Waals surface area contributed by atoms with Gasteiger partial charge in [-0.3, -0.25) is 9.69 Å². The topological polar surface area (TPSA) is 42.0 Å². The van der Waals surface area contributed by atoms with Gasteiger partial charge in [-0.15, -0.1) is 0 Å². The van der Waals surface area contributed by atoms with Crippen LogP contribution in [0.3, 0.4) is 0 Å². The Bertz CT molecular complexity index is 832. The summed E-state index contributed by atoms with van der Waals surface area (Å²) in [5, 5.41) is 0. The second-order valence-electron chi connectivity index (χ2n) is 7.25. The van der Waals surface area contributed by atoms with E-state index < -0.39 is 6.10 Å². The van der Waals surface area contributed by atoms with Gasteiger partial charge in [0.25, 0.3) is 5.91 Å². The Morgan fingerprint density at radius 3 is 2.54 bits per heavy atom. The van der Waals surface area contributed by atoms with E-state index in [1.54, 1.807) is 0 Å². The fourth-order valence-corrected chi connectivity index (χ4v) is 4.04. The maximum absolute atomic E-state index is 12.7. The molecule has 3 heterocycles. The minimum atomic E-state index is -0.534. The molecule has 3 aliphatic heterocycles. The number of fused-ring (bicyclic) bond motifs is 2. The van der Waals surface area contributed by atoms with Gasteiger partial charge in [0, 0.05) is 32.2 Å². The number of benzene rings is 2. The molecule has 5 heteroatoms. The summed E-state index contributed by atoms with van der Waals surface area (Å²) >= 11 is 0. The zero-order chi connectivity index (χ0) is 17.5. The molecule has 5 nitrogen and oxygen atoms in total. The predicted octanol–water partition coefficient (Wildman–Crippen LogP) is 2.10. The molecular weight excluding hydrogens is 328 g/mol. The van der Waals surface area contributed by atoms with Gasteiger partial charge in [-0.05, 0) is 29.7 Å². The third kappa shape index (κ3) is 2.72. The Morgan fingerprint density at radius 2 is 1.69 bits per heavy atom. The average molecular weight is 350 g/mol. The van der Waals surface area contributed by atoms with Crippen LogP contribution in [0.1, 0.15) is 11.1 Å². The van der Waals surface area contributed by atoms with Gasteiger partial charge < -0.3 is 14.4 Å². The number of amides is 1. The predicted molar refractivity (Wildman–Crippen MR) is 97.3 cm³/mol. The molecule has 1 fully saturated rings. The lowest BCUT2D eigenvalue weighted by atomic mass is 9.96. The summed E-state index contributed by atoms with van der Waals surface area (Å²) in [7, 11) is 0. The van der Waals surface area contributed by atoms with E-state index >= 15 is 0 Å². The number of hydrogen-bond acceptors (Lipinski definition) is 4. The summed E-state index contributed by atoms with van der Waals surface area (Å²) in [6.07, 6.45) is 0.560. The number of hydrogen-bond donors (Lipinski definition) is 0. The fourth-order valence-electron chi connectivity index (χ4n) is 4.04. The van der Waals surface area contributed by atoms with E-state index in [0.29, 0.717) is 17.5 Å². The molecule has 26 heavy (non-hydrogen) atoms. The van der Waals surface area contributed by atoms with E-state index in [1.165, 1.54) is 11.1 Å². The Kier molecular flexibility index (Phi) is 3.82. The third-order valence-corrected chi connectivity index (χ3v) is 5.63. The second-order valence-corrected chi connectivity index (χ2v) is 7.25. The van der Waals surface area contributed by atoms with E-state index in [2.05, 4.69) is 29.2 Å². The molecule has 1 amide bonds. The van der Waals surface area contributed by atoms with Gasteiger partial charge in [-0.2, -0.15) is 0 Å². The van der Waals surface area contributed by atoms with Crippen molar-refractivity contribution in [2.45, 2.75) is 25.1 Å². The zero-order valence-corrected chi connectivity index (χ0v) is 14.6. The fraction of sp³-hybridized carbons (Fsp3) is 0.381. The van der Waals surface area contributed by atoms with Crippen LogP contribution in [-0.2, 0) is 17.8 Å². The minimum Gasteiger partial charge on any atom is -0.485 e. The van der Waals surface area contributed by atoms with Crippen molar-refractivity contribution in [3.05, 3.63) is 59.7 Å². The van der Waals surface area contributed by atoms with Crippen LogP contribution in [0.5, 0.6) is 11.5 Å². The van der Waals surface area contributed by atoms with E-state index in [9.17, 15) is 4.79 Å². The van der Waals surface area contributed by atoms with E-state index in [0.717, 1.165) is 32.6 Å². The summed E-state index contributed by atoms with van der Waals surface area (Å²) in [5.41, 5.74) is 2.88. The Hall–Kier alpha value is -2.53. The van der Waals surface area contributed by atoms with Crippen LogP contribution < -0.4 is 9.47 Å². The Morgan fingerprint density at radius 1 is 0.962 bits per heavy atom. The molecule has 0 aliphatic carbocycles. The first kappa shape index (κ1) is 15.7. The molecular formula is C21H22N2O3. The summed E-state index contributed by atoms with van der Waals surface area (Å²) in [6, 6.07) is 16.6. The third-order valence-electron chi connectivity index (χ3n) is 5.63. The van der Waals surface area contributed by atoms with Gasteiger partial charge >= 0.3 is 0 Å². The summed E-state index contributed by atoms with van der Waals surface area (Å²) in [4.78, 5) is 17.1. The standard InChI is InChI=1S/C21H22N2O3/c24-21(20-14-25-18-7-3-4-8-19(18)26-20)23-12-17(13-23)22-10-9-15-5-1-2-6-16(15)11-22/h1-8,17,20H,9-14H2. The van der Waals surface area contributed by atoms with Gasteiger partial charge in [-0.1, -0.05) is 36.4 Å². The first-order chi connectivity index (χ1) is 12.8. The highest BCUT2D eigenvalue weighted by atomic mass is 16.6. The van der Waals surface area contributed by atoms with Crippen LogP contribution in [0.15, 0.2) is 48.5 Å². The van der Waals surface area contributed by atoms with E-state index in [1.807, 2.05) is 29.2 Å². The number of likely N-dealkylation sites (tertiary alicyclic amines) is 1. The van der Waals surface area contributed by atoms with Crippen molar-refractivity contribution in [3.8, 4) is 11.5 Å². The molecule has 2 aromatic rings. The van der Waals surface area contributed by atoms with E-state index in [-0.39, 0.29) is 12.5 Å². The quantitative estimate of drug-likeness (QED) is 0.832. The largest absolute Gasteiger partial charge is 0.485 e. The molecule has 3 aliphatic rings. The molecule has 0 aromatic heterocycles. The molecule has 1 unspecified atom stereocenters. The highest BCUT2D eigenvalue weighted by Crippen LogP contribution is 2.32. The normalized spacial score (nSPS) is 22.5. The summed E-state index contributed by atoms with van der Waals surface area (Å²) < 4.78 is 11.5. The van der Waals surface area contributed by atoms with Gasteiger partial charge in [-0.25, -0.2) is 0 Å². The van der Waals surface area contributed by atoms with Gasteiger partial charge in [0.15, 0.2) is 11.5 Å². The highest BCUT2D eigenvalue weighted by molar-refractivity contribution is 5.82. The molecule has 0 saturated carbocycles. The van der Waals surface area contributed by atoms with Crippen molar-refractivity contribution in [1.29, 1.82) is 0 Å². The van der Waals surface area contributed by atoms with Crippen molar-refractivity contribution in [1.82, 2.24) is 9.80 Å². The SMILES string of the molecule is O=C(C1COc2ccccc2O1)N1CC(N2CCc3ccccc3C2)C1. The first-order valence-corrected chi connectivity index (χ1v) is 9.26. The Balaban J connectivity index is 1.18. The van der Waals surface area contributed by atoms with Crippen molar-refractivity contribution in [2.75, 3.05) is 26.2 Å². The number of para-hydroxylation sites is 2. The van der Waals surface area contributed by atoms with Crippen LogP contribution >= 0.6 is 0 Å². The number of carbonyl (C=O) groups excluding carboxylic acids is 1. The molecule has 2 aromatic carbocycles. The zero-order valence-electron chi connectivity index (χ0n) is 14.6. The van der Waals surface area contributed by atoms with Crippen LogP contribution in [0.2, 0.25) is 0 Å². The maximum Gasteiger partial charge on any atom is 0.267 e. The average Bonchev–Trinajstić information content (AvgIpc) is 2.66. The van der Waals surface area contributed by atoms with Crippen molar-refractivity contribution in [2.24, 2.45) is 0 Å². The van der Waals surface area contributed by atoms with Crippen LogP contribution in [0, 0.1) is 0 Å². The van der Waals surface area contributed by atoms with E-state index in [4.69, 9.17) is 9.47 Å². The molecule has 0 radical (unpaired) electrons. The highest BCUT2D eigenvalue weighted by Gasteiger charge is 2.40. The molecule has 1 atom stereocenters. The maximum atomic E-state index is 12.7. The van der Waals surface area contributed by atoms with Crippen molar-refractivity contribution < 1.29 is 14.3 Å². The Labute approximate surface area is 153 Å². The summed E-state index contributed by atoms with van der Waals surface area (Å²) in [5.74, 6) is 1.40. The second kappa shape index (κ2) is 6.32. The van der Waals surface area contributed by atoms with Crippen LogP contribution in [-0.4, -0.2) is 54.1 Å². The lowest BCUT2D eigenvalue weighted by Gasteiger charge is -2.47. The van der Waals surface area contributed by atoms with Gasteiger partial charge in [0.05, 0.1) is 0 Å². The van der Waals surface area contributed by atoms with Crippen molar-refractivity contribution >= 4 is 5.91 Å². The monoisotopic (exact) mass is 350 g/mol.